The summed E-state index contributed by atoms with van der Waals surface area (Å²) in [6.45, 7) is 0.0628. The first-order chi connectivity index (χ1) is 14.0. The van der Waals surface area contributed by atoms with Gasteiger partial charge in [-0.05, 0) is 20.0 Å². The van der Waals surface area contributed by atoms with E-state index in [1.165, 1.54) is 0 Å². The highest BCUT2D eigenvalue weighted by Crippen LogP contribution is 2.63. The molecule has 33 heavy (non-hydrogen) atoms. The molecular weight excluding hydrogens is 535 g/mol. The maximum atomic E-state index is 14.0. The molecule has 0 aromatic rings. The van der Waals surface area contributed by atoms with E-state index in [2.05, 4.69) is 4.43 Å². The fourth-order valence-electron chi connectivity index (χ4n) is 2.30. The minimum atomic E-state index is -8.32. The van der Waals surface area contributed by atoms with Crippen molar-refractivity contribution in [3.8, 4) is 0 Å². The van der Waals surface area contributed by atoms with Crippen LogP contribution in [0.25, 0.3) is 0 Å². The molecule has 1 nitrogen and oxygen atoms in total. The Morgan fingerprint density at radius 3 is 1.18 bits per heavy atom. The molecule has 0 radical (unpaired) electrons. The Labute approximate surface area is 175 Å². The van der Waals surface area contributed by atoms with Crippen LogP contribution in [0.2, 0.25) is 13.1 Å². The van der Waals surface area contributed by atoms with E-state index in [4.69, 9.17) is 0 Å². The van der Waals surface area contributed by atoms with Crippen LogP contribution in [0.4, 0.5) is 74.6 Å². The number of halogens is 17. The monoisotopic (exact) mass is 550 g/mol. The van der Waals surface area contributed by atoms with Crippen molar-refractivity contribution in [2.24, 2.45) is 0 Å². The second-order valence-electron chi connectivity index (χ2n) is 7.21. The van der Waals surface area contributed by atoms with E-state index < -0.39 is 75.0 Å². The van der Waals surface area contributed by atoms with E-state index in [1.54, 1.807) is 0 Å². The molecule has 0 bridgehead atoms. The summed E-state index contributed by atoms with van der Waals surface area (Å²) in [5.74, 6) is -46.9. The number of hydrogen-bond acceptors (Lipinski definition) is 1. The van der Waals surface area contributed by atoms with E-state index in [0.717, 1.165) is 6.92 Å². The van der Waals surface area contributed by atoms with Crippen LogP contribution in [0.3, 0.4) is 0 Å². The third kappa shape index (κ3) is 4.89. The molecule has 19 heteroatoms. The van der Waals surface area contributed by atoms with Crippen molar-refractivity contribution < 1.29 is 79.1 Å². The van der Waals surface area contributed by atoms with E-state index >= 15 is 0 Å². The lowest BCUT2D eigenvalue weighted by atomic mass is 9.90. The van der Waals surface area contributed by atoms with Gasteiger partial charge >= 0.3 is 47.3 Å². The lowest BCUT2D eigenvalue weighted by Crippen LogP contribution is -2.76. The van der Waals surface area contributed by atoms with E-state index in [0.29, 0.717) is 0 Å². The zero-order valence-electron chi connectivity index (χ0n) is 16.5. The van der Waals surface area contributed by atoms with Crippen molar-refractivity contribution in [3.63, 3.8) is 0 Å². The topological polar surface area (TPSA) is 9.23 Å². The molecule has 0 aliphatic rings. The molecule has 0 saturated carbocycles. The Bertz CT molecular complexity index is 682. The Morgan fingerprint density at radius 1 is 0.515 bits per heavy atom. The van der Waals surface area contributed by atoms with Gasteiger partial charge in [-0.25, -0.2) is 8.78 Å². The van der Waals surface area contributed by atoms with Crippen LogP contribution in [0.15, 0.2) is 0 Å². The first kappa shape index (κ1) is 32.0. The second-order valence-corrected chi connectivity index (χ2v) is 11.1. The summed E-state index contributed by atoms with van der Waals surface area (Å²) in [6.07, 6.45) is -12.1. The van der Waals surface area contributed by atoms with Crippen LogP contribution in [-0.2, 0) is 4.43 Å². The maximum Gasteiger partial charge on any atom is 0.389 e. The predicted molar refractivity (Wildman–Crippen MR) is 79.0 cm³/mol. The standard InChI is InChI=1S/C14H15F17OSi/c1-4-32-33(2,3)14(30,31)13(28,29)12(26,27)11(24,25)10(22,23)9(20,21)7(15,16)5-6-8(17,18)19/h4-6H2,1-3H3. The Balaban J connectivity index is 6.62. The van der Waals surface area contributed by atoms with Gasteiger partial charge in [-0.3, -0.25) is 0 Å². The van der Waals surface area contributed by atoms with Gasteiger partial charge in [-0.1, -0.05) is 0 Å². The predicted octanol–water partition coefficient (Wildman–Crippen LogP) is 7.56. The van der Waals surface area contributed by atoms with Crippen molar-refractivity contribution in [1.29, 1.82) is 0 Å². The normalized spacial score (nSPS) is 16.4. The fourth-order valence-corrected chi connectivity index (χ4v) is 4.12. The van der Waals surface area contributed by atoms with Crippen molar-refractivity contribution in [1.82, 2.24) is 0 Å². The summed E-state index contributed by atoms with van der Waals surface area (Å²) < 4.78 is 232. The first-order valence-electron chi connectivity index (χ1n) is 8.37. The van der Waals surface area contributed by atoms with E-state index in [1.807, 2.05) is 0 Å². The molecule has 200 valence electrons. The molecule has 0 amide bonds. The summed E-state index contributed by atoms with van der Waals surface area (Å²) in [4.78, 5) is 0. The third-order valence-electron chi connectivity index (χ3n) is 4.41. The average Bonchev–Trinajstić information content (AvgIpc) is 2.58. The first-order valence-corrected chi connectivity index (χ1v) is 11.3. The Morgan fingerprint density at radius 2 is 0.848 bits per heavy atom. The van der Waals surface area contributed by atoms with Gasteiger partial charge in [0.1, 0.15) is 0 Å². The largest absolute Gasteiger partial charge is 0.410 e. The summed E-state index contributed by atoms with van der Waals surface area (Å²) in [5.41, 5.74) is -6.37. The molecule has 0 unspecified atom stereocenters. The molecule has 0 aliphatic heterocycles. The highest BCUT2D eigenvalue weighted by atomic mass is 28.4. The van der Waals surface area contributed by atoms with Crippen LogP contribution >= 0.6 is 0 Å². The van der Waals surface area contributed by atoms with Crippen molar-refractivity contribution in [3.05, 3.63) is 0 Å². The zero-order valence-corrected chi connectivity index (χ0v) is 17.5. The quantitative estimate of drug-likeness (QED) is 0.191. The van der Waals surface area contributed by atoms with Gasteiger partial charge in [0, 0.05) is 19.4 Å². The lowest BCUT2D eigenvalue weighted by Gasteiger charge is -2.45. The van der Waals surface area contributed by atoms with Gasteiger partial charge in [0.15, 0.2) is 0 Å². The van der Waals surface area contributed by atoms with Gasteiger partial charge in [0.2, 0.25) is 0 Å². The Kier molecular flexibility index (Phi) is 8.32. The van der Waals surface area contributed by atoms with Gasteiger partial charge in [0.05, 0.1) is 0 Å². The van der Waals surface area contributed by atoms with Crippen LogP contribution in [0, 0.1) is 0 Å². The number of rotatable bonds is 11. The van der Waals surface area contributed by atoms with E-state index in [9.17, 15) is 74.6 Å². The van der Waals surface area contributed by atoms with Crippen molar-refractivity contribution in [2.45, 2.75) is 80.1 Å². The van der Waals surface area contributed by atoms with Gasteiger partial charge < -0.3 is 4.43 Å². The molecule has 0 spiro atoms. The fraction of sp³-hybridized carbons (Fsp3) is 1.00. The van der Waals surface area contributed by atoms with Crippen molar-refractivity contribution >= 4 is 8.32 Å². The minimum absolute atomic E-state index is 0.0523. The minimum Gasteiger partial charge on any atom is -0.410 e. The third-order valence-corrected chi connectivity index (χ3v) is 7.25. The SMILES string of the molecule is CCO[Si](C)(C)C(F)(F)C(F)(F)C(F)(F)C(F)(F)C(F)(F)C(F)(F)C(F)(F)CCC(F)(F)F. The molecule has 0 aromatic carbocycles. The van der Waals surface area contributed by atoms with Crippen LogP contribution in [-0.4, -0.2) is 62.2 Å². The Hall–Kier alpha value is -1.01. The van der Waals surface area contributed by atoms with Crippen molar-refractivity contribution in [2.75, 3.05) is 6.61 Å². The molecular formula is C14H15F17OSi. The molecule has 0 rings (SSSR count). The van der Waals surface area contributed by atoms with E-state index in [-0.39, 0.29) is 13.1 Å². The molecule has 0 aliphatic carbocycles. The van der Waals surface area contributed by atoms with Crippen LogP contribution in [0.1, 0.15) is 19.8 Å². The average molecular weight is 550 g/mol. The van der Waals surface area contributed by atoms with Crippen LogP contribution < -0.4 is 0 Å². The van der Waals surface area contributed by atoms with Gasteiger partial charge in [-0.15, -0.1) is 0 Å². The molecule has 0 atom stereocenters. The van der Waals surface area contributed by atoms with Gasteiger partial charge in [-0.2, -0.15) is 65.9 Å². The second kappa shape index (κ2) is 8.58. The van der Waals surface area contributed by atoms with Crippen LogP contribution in [0.5, 0.6) is 0 Å². The molecule has 0 fully saturated rings. The summed E-state index contributed by atoms with van der Waals surface area (Å²) in [6, 6.07) is 0. The summed E-state index contributed by atoms with van der Waals surface area (Å²) in [5, 5.41) is 0. The molecule has 0 aromatic heterocycles. The highest BCUT2D eigenvalue weighted by Gasteiger charge is 2.93. The number of hydrogen-bond donors (Lipinski definition) is 0. The smallest absolute Gasteiger partial charge is 0.389 e. The zero-order chi connectivity index (χ0) is 27.3. The molecule has 0 N–H and O–H groups in total. The highest BCUT2D eigenvalue weighted by molar-refractivity contribution is 6.74. The molecule has 0 heterocycles. The number of alkyl halides is 17. The maximum absolute atomic E-state index is 14.0. The summed E-state index contributed by atoms with van der Waals surface area (Å²) >= 11 is 0. The van der Waals surface area contributed by atoms with Gasteiger partial charge in [0.25, 0.3) is 8.32 Å². The lowest BCUT2D eigenvalue weighted by molar-refractivity contribution is -0.437. The summed E-state index contributed by atoms with van der Waals surface area (Å²) in [7, 11) is -5.53. The molecule has 0 saturated heterocycles.